The van der Waals surface area contributed by atoms with E-state index in [2.05, 4.69) is 10.4 Å². The number of carbonyl (C=O) groups is 2. The van der Waals surface area contributed by atoms with E-state index in [0.717, 1.165) is 17.7 Å². The van der Waals surface area contributed by atoms with Crippen molar-refractivity contribution in [3.63, 3.8) is 0 Å². The van der Waals surface area contributed by atoms with Crippen LogP contribution in [0, 0.1) is 0 Å². The molecule has 0 aliphatic rings. The van der Waals surface area contributed by atoms with E-state index in [9.17, 15) is 9.59 Å². The maximum Gasteiger partial charge on any atom is 0.328 e. The number of aromatic nitrogens is 2. The summed E-state index contributed by atoms with van der Waals surface area (Å²) in [5.74, 6) is -1.65. The van der Waals surface area contributed by atoms with E-state index in [4.69, 9.17) is 5.11 Å². The van der Waals surface area contributed by atoms with Gasteiger partial charge in [-0.05, 0) is 17.7 Å². The number of hydrogen-bond acceptors (Lipinski definition) is 3. The van der Waals surface area contributed by atoms with Crippen molar-refractivity contribution in [2.45, 2.75) is 6.54 Å². The molecular weight excluding hydrogens is 258 g/mol. The first kappa shape index (κ1) is 13.5. The first-order chi connectivity index (χ1) is 9.65. The number of aliphatic carboxylic acids is 1. The zero-order chi connectivity index (χ0) is 14.4. The molecule has 0 saturated heterocycles. The van der Waals surface area contributed by atoms with Gasteiger partial charge in [0.2, 0.25) is 5.91 Å². The van der Waals surface area contributed by atoms with Crippen molar-refractivity contribution in [3.05, 3.63) is 60.4 Å². The molecule has 1 aromatic carbocycles. The van der Waals surface area contributed by atoms with E-state index in [-0.39, 0.29) is 0 Å². The number of carboxylic acids is 1. The van der Waals surface area contributed by atoms with Gasteiger partial charge in [0.15, 0.2) is 0 Å². The molecule has 0 bridgehead atoms. The summed E-state index contributed by atoms with van der Waals surface area (Å²) < 4.78 is 1.73. The Morgan fingerprint density at radius 1 is 1.25 bits per heavy atom. The molecule has 0 fully saturated rings. The van der Waals surface area contributed by atoms with Crippen LogP contribution in [0.3, 0.4) is 0 Å². The van der Waals surface area contributed by atoms with Gasteiger partial charge in [0, 0.05) is 30.2 Å². The molecule has 0 saturated carbocycles. The lowest BCUT2D eigenvalue weighted by Crippen LogP contribution is -2.12. The summed E-state index contributed by atoms with van der Waals surface area (Å²) in [6.07, 6.45) is 5.28. The summed E-state index contributed by atoms with van der Waals surface area (Å²) >= 11 is 0. The van der Waals surface area contributed by atoms with E-state index in [1.807, 2.05) is 24.4 Å². The van der Waals surface area contributed by atoms with Gasteiger partial charge in [0.1, 0.15) is 0 Å². The lowest BCUT2D eigenvalue weighted by Gasteiger charge is -2.09. The van der Waals surface area contributed by atoms with Crippen LogP contribution in [0.25, 0.3) is 0 Å². The van der Waals surface area contributed by atoms with Gasteiger partial charge in [-0.25, -0.2) is 4.79 Å². The minimum atomic E-state index is -1.16. The van der Waals surface area contributed by atoms with Crippen LogP contribution < -0.4 is 5.32 Å². The van der Waals surface area contributed by atoms with Crippen molar-refractivity contribution in [2.75, 3.05) is 5.32 Å². The molecule has 0 aliphatic carbocycles. The van der Waals surface area contributed by atoms with E-state index in [0.29, 0.717) is 12.2 Å². The summed E-state index contributed by atoms with van der Waals surface area (Å²) in [7, 11) is 0. The molecule has 0 atom stereocenters. The third-order valence-corrected chi connectivity index (χ3v) is 2.54. The molecule has 6 nitrogen and oxygen atoms in total. The summed E-state index contributed by atoms with van der Waals surface area (Å²) in [4.78, 5) is 21.9. The summed E-state index contributed by atoms with van der Waals surface area (Å²) in [6, 6.07) is 9.10. The summed E-state index contributed by atoms with van der Waals surface area (Å²) in [5.41, 5.74) is 1.51. The molecule has 0 spiro atoms. The quantitative estimate of drug-likeness (QED) is 0.807. The molecular formula is C14H13N3O3. The average Bonchev–Trinajstić information content (AvgIpc) is 2.92. The molecule has 2 aromatic rings. The Bertz CT molecular complexity index is 633. The van der Waals surface area contributed by atoms with Crippen LogP contribution in [0.1, 0.15) is 5.56 Å². The van der Waals surface area contributed by atoms with Gasteiger partial charge in [-0.1, -0.05) is 18.2 Å². The molecule has 6 heteroatoms. The molecule has 1 heterocycles. The number of amides is 1. The molecule has 0 radical (unpaired) electrons. The Morgan fingerprint density at radius 3 is 2.75 bits per heavy atom. The van der Waals surface area contributed by atoms with Crippen LogP contribution in [0.2, 0.25) is 0 Å². The number of nitrogens with zero attached hydrogens (tertiary/aromatic N) is 2. The van der Waals surface area contributed by atoms with Crippen molar-refractivity contribution in [3.8, 4) is 0 Å². The zero-order valence-corrected chi connectivity index (χ0v) is 10.6. The number of benzene rings is 1. The van der Waals surface area contributed by atoms with Crippen LogP contribution in [-0.2, 0) is 16.1 Å². The van der Waals surface area contributed by atoms with Gasteiger partial charge in [-0.3, -0.25) is 9.48 Å². The number of carbonyl (C=O) groups excluding carboxylic acids is 1. The Labute approximate surface area is 115 Å². The fourth-order valence-electron chi connectivity index (χ4n) is 1.67. The van der Waals surface area contributed by atoms with E-state index in [1.54, 1.807) is 23.0 Å². The molecule has 1 amide bonds. The molecule has 2 rings (SSSR count). The van der Waals surface area contributed by atoms with Gasteiger partial charge >= 0.3 is 5.97 Å². The van der Waals surface area contributed by atoms with E-state index in [1.165, 1.54) is 0 Å². The minimum absolute atomic E-state index is 0.486. The second-order valence-electron chi connectivity index (χ2n) is 4.02. The predicted molar refractivity (Wildman–Crippen MR) is 73.2 cm³/mol. The van der Waals surface area contributed by atoms with Crippen molar-refractivity contribution < 1.29 is 14.7 Å². The number of hydrogen-bond donors (Lipinski definition) is 2. The van der Waals surface area contributed by atoms with Crippen LogP contribution in [0.4, 0.5) is 5.69 Å². The molecule has 2 N–H and O–H groups in total. The minimum Gasteiger partial charge on any atom is -0.478 e. The van der Waals surface area contributed by atoms with Crippen molar-refractivity contribution in [1.29, 1.82) is 0 Å². The van der Waals surface area contributed by atoms with Gasteiger partial charge in [-0.15, -0.1) is 0 Å². The largest absolute Gasteiger partial charge is 0.478 e. The molecule has 20 heavy (non-hydrogen) atoms. The summed E-state index contributed by atoms with van der Waals surface area (Å²) in [6.45, 7) is 0.520. The van der Waals surface area contributed by atoms with Gasteiger partial charge in [0.05, 0.1) is 6.54 Å². The lowest BCUT2D eigenvalue weighted by molar-refractivity contribution is -0.131. The molecule has 0 aliphatic heterocycles. The highest BCUT2D eigenvalue weighted by Crippen LogP contribution is 2.16. The lowest BCUT2D eigenvalue weighted by atomic mass is 10.1. The van der Waals surface area contributed by atoms with Gasteiger partial charge in [-0.2, -0.15) is 5.10 Å². The number of carboxylic acid groups (broad SMARTS) is 1. The standard InChI is InChI=1S/C14H13N3O3/c18-13(6-7-14(19)20)16-12-5-2-1-4-11(12)10-17-9-3-8-15-17/h1-9H,10H2,(H,16,18)(H,19,20)/b7-6+. The number of para-hydroxylation sites is 1. The average molecular weight is 271 g/mol. The van der Waals surface area contributed by atoms with Crippen molar-refractivity contribution in [1.82, 2.24) is 9.78 Å². The van der Waals surface area contributed by atoms with E-state index < -0.39 is 11.9 Å². The highest BCUT2D eigenvalue weighted by Gasteiger charge is 2.05. The van der Waals surface area contributed by atoms with Crippen LogP contribution in [0.15, 0.2) is 54.9 Å². The van der Waals surface area contributed by atoms with E-state index >= 15 is 0 Å². The Hall–Kier alpha value is -2.89. The molecule has 1 aromatic heterocycles. The fraction of sp³-hybridized carbons (Fsp3) is 0.0714. The SMILES string of the molecule is O=C(O)/C=C/C(=O)Nc1ccccc1Cn1cccn1. The second-order valence-corrected chi connectivity index (χ2v) is 4.02. The number of anilines is 1. The predicted octanol–water partition coefficient (Wildman–Crippen LogP) is 1.51. The van der Waals surface area contributed by atoms with Crippen molar-refractivity contribution in [2.24, 2.45) is 0 Å². The number of nitrogens with one attached hydrogen (secondary N) is 1. The highest BCUT2D eigenvalue weighted by atomic mass is 16.4. The fourth-order valence-corrected chi connectivity index (χ4v) is 1.67. The normalized spacial score (nSPS) is 10.6. The Morgan fingerprint density at radius 2 is 2.05 bits per heavy atom. The topological polar surface area (TPSA) is 84.2 Å². The van der Waals surface area contributed by atoms with Gasteiger partial charge in [0.25, 0.3) is 0 Å². The monoisotopic (exact) mass is 271 g/mol. The third-order valence-electron chi connectivity index (χ3n) is 2.54. The smallest absolute Gasteiger partial charge is 0.328 e. The molecule has 102 valence electrons. The van der Waals surface area contributed by atoms with Crippen LogP contribution >= 0.6 is 0 Å². The number of rotatable bonds is 5. The Balaban J connectivity index is 2.11. The summed E-state index contributed by atoms with van der Waals surface area (Å²) in [5, 5.41) is 15.2. The third kappa shape index (κ3) is 3.81. The second kappa shape index (κ2) is 6.33. The van der Waals surface area contributed by atoms with Crippen molar-refractivity contribution >= 4 is 17.6 Å². The first-order valence-corrected chi connectivity index (χ1v) is 5.92. The van der Waals surface area contributed by atoms with Crippen LogP contribution in [0.5, 0.6) is 0 Å². The maximum atomic E-state index is 11.6. The first-order valence-electron chi connectivity index (χ1n) is 5.92. The van der Waals surface area contributed by atoms with Crippen LogP contribution in [-0.4, -0.2) is 26.8 Å². The zero-order valence-electron chi connectivity index (χ0n) is 10.6. The van der Waals surface area contributed by atoms with Gasteiger partial charge < -0.3 is 10.4 Å². The Kier molecular flexibility index (Phi) is 4.28. The maximum absolute atomic E-state index is 11.6. The molecule has 0 unspecified atom stereocenters. The highest BCUT2D eigenvalue weighted by molar-refractivity contribution is 6.02.